The molecule has 0 atom stereocenters. The van der Waals surface area contributed by atoms with Gasteiger partial charge in [0, 0.05) is 39.8 Å². The third kappa shape index (κ3) is 4.97. The summed E-state index contributed by atoms with van der Waals surface area (Å²) in [5.74, 6) is -0.255. The highest BCUT2D eigenvalue weighted by molar-refractivity contribution is 9.10. The Morgan fingerprint density at radius 2 is 1.69 bits per heavy atom. The Hall–Kier alpha value is -3.55. The zero-order chi connectivity index (χ0) is 24.4. The Morgan fingerprint density at radius 1 is 0.971 bits per heavy atom. The number of carbonyl (C=O) groups is 2. The van der Waals surface area contributed by atoms with E-state index in [-0.39, 0.29) is 11.8 Å². The molecule has 1 aromatic heterocycles. The van der Waals surface area contributed by atoms with Crippen molar-refractivity contribution in [1.82, 2.24) is 9.88 Å². The number of nitrogens with one attached hydrogen (secondary N) is 1. The van der Waals surface area contributed by atoms with Gasteiger partial charge in [-0.05, 0) is 55.0 Å². The number of hydrogen-bond donors (Lipinski definition) is 1. The van der Waals surface area contributed by atoms with Crippen molar-refractivity contribution in [2.75, 3.05) is 31.6 Å². The maximum atomic E-state index is 13.4. The molecule has 0 spiro atoms. The minimum Gasteiger partial charge on any atom is -0.378 e. The van der Waals surface area contributed by atoms with Crippen molar-refractivity contribution in [2.24, 2.45) is 0 Å². The summed E-state index contributed by atoms with van der Waals surface area (Å²) in [6, 6.07) is 22.5. The maximum absolute atomic E-state index is 13.4. The maximum Gasteiger partial charge on any atom is 0.256 e. The van der Waals surface area contributed by atoms with Crippen LogP contribution in [0.3, 0.4) is 0 Å². The number of hydrogen-bond acceptors (Lipinski definition) is 4. The molecule has 1 aliphatic heterocycles. The highest BCUT2D eigenvalue weighted by Gasteiger charge is 2.19. The summed E-state index contributed by atoms with van der Waals surface area (Å²) in [5.41, 5.74) is 5.22. The van der Waals surface area contributed by atoms with Crippen LogP contribution >= 0.6 is 15.9 Å². The molecule has 2 amide bonds. The van der Waals surface area contributed by atoms with E-state index in [1.165, 1.54) is 0 Å². The van der Waals surface area contributed by atoms with Gasteiger partial charge in [0.15, 0.2) is 0 Å². The van der Waals surface area contributed by atoms with Crippen molar-refractivity contribution in [2.45, 2.75) is 6.92 Å². The number of amides is 2. The van der Waals surface area contributed by atoms with Gasteiger partial charge in [0.25, 0.3) is 11.8 Å². The van der Waals surface area contributed by atoms with Crippen LogP contribution in [0.4, 0.5) is 5.69 Å². The monoisotopic (exact) mass is 529 g/mol. The number of halogens is 1. The van der Waals surface area contributed by atoms with Crippen LogP contribution in [0.2, 0.25) is 0 Å². The van der Waals surface area contributed by atoms with Crippen molar-refractivity contribution in [3.05, 3.63) is 94.0 Å². The molecule has 1 saturated heterocycles. The highest BCUT2D eigenvalue weighted by atomic mass is 79.9. The Kier molecular flexibility index (Phi) is 6.61. The van der Waals surface area contributed by atoms with E-state index in [4.69, 9.17) is 9.72 Å². The van der Waals surface area contributed by atoms with E-state index in [9.17, 15) is 9.59 Å². The normalized spacial score (nSPS) is 13.6. The van der Waals surface area contributed by atoms with Crippen molar-refractivity contribution in [3.8, 4) is 11.3 Å². The predicted molar refractivity (Wildman–Crippen MR) is 141 cm³/mol. The number of benzene rings is 3. The van der Waals surface area contributed by atoms with Crippen LogP contribution in [-0.4, -0.2) is 48.0 Å². The molecule has 0 saturated carbocycles. The Labute approximate surface area is 212 Å². The molecule has 35 heavy (non-hydrogen) atoms. The molecular formula is C28H24BrN3O3. The van der Waals surface area contributed by atoms with Crippen LogP contribution < -0.4 is 5.32 Å². The van der Waals surface area contributed by atoms with E-state index in [2.05, 4.69) is 21.2 Å². The number of aromatic nitrogens is 1. The number of fused-ring (bicyclic) bond motifs is 1. The molecule has 0 unspecified atom stereocenters. The molecule has 0 aliphatic carbocycles. The summed E-state index contributed by atoms with van der Waals surface area (Å²) < 4.78 is 6.30. The summed E-state index contributed by atoms with van der Waals surface area (Å²) in [5, 5.41) is 3.78. The molecule has 7 heteroatoms. The summed E-state index contributed by atoms with van der Waals surface area (Å²) in [6.45, 7) is 4.29. The lowest BCUT2D eigenvalue weighted by Gasteiger charge is -2.26. The van der Waals surface area contributed by atoms with E-state index in [1.807, 2.05) is 55.5 Å². The number of morpholine rings is 1. The summed E-state index contributed by atoms with van der Waals surface area (Å²) in [4.78, 5) is 32.7. The molecule has 1 fully saturated rings. The van der Waals surface area contributed by atoms with Crippen molar-refractivity contribution in [3.63, 3.8) is 0 Å². The van der Waals surface area contributed by atoms with E-state index >= 15 is 0 Å². The van der Waals surface area contributed by atoms with Crippen molar-refractivity contribution in [1.29, 1.82) is 0 Å². The topological polar surface area (TPSA) is 71.5 Å². The first-order chi connectivity index (χ1) is 17.0. The smallest absolute Gasteiger partial charge is 0.256 e. The van der Waals surface area contributed by atoms with Crippen LogP contribution in [-0.2, 0) is 4.74 Å². The van der Waals surface area contributed by atoms with E-state index in [1.54, 1.807) is 29.2 Å². The van der Waals surface area contributed by atoms with Gasteiger partial charge in [-0.15, -0.1) is 0 Å². The number of pyridine rings is 1. The second kappa shape index (κ2) is 9.98. The molecule has 3 aromatic carbocycles. The zero-order valence-corrected chi connectivity index (χ0v) is 20.8. The lowest BCUT2D eigenvalue weighted by molar-refractivity contribution is 0.0303. The largest absolute Gasteiger partial charge is 0.378 e. The van der Waals surface area contributed by atoms with Crippen LogP contribution in [0.15, 0.2) is 77.3 Å². The molecule has 1 N–H and O–H groups in total. The number of nitrogens with zero attached hydrogens (tertiary/aromatic N) is 2. The first kappa shape index (κ1) is 23.2. The lowest BCUT2D eigenvalue weighted by atomic mass is 10.0. The fourth-order valence-corrected chi connectivity index (χ4v) is 4.46. The Balaban J connectivity index is 1.43. The molecule has 176 valence electrons. The number of carbonyl (C=O) groups excluding carboxylic acids is 2. The molecule has 4 aromatic rings. The summed E-state index contributed by atoms with van der Waals surface area (Å²) >= 11 is 3.47. The van der Waals surface area contributed by atoms with Gasteiger partial charge >= 0.3 is 0 Å². The molecule has 1 aliphatic rings. The van der Waals surface area contributed by atoms with Crippen LogP contribution in [0.1, 0.15) is 26.3 Å². The van der Waals surface area contributed by atoms with Gasteiger partial charge in [-0.2, -0.15) is 0 Å². The van der Waals surface area contributed by atoms with Crippen LogP contribution in [0, 0.1) is 6.92 Å². The predicted octanol–water partition coefficient (Wildman–Crippen LogP) is 5.70. The molecular weight excluding hydrogens is 506 g/mol. The van der Waals surface area contributed by atoms with Gasteiger partial charge in [-0.25, -0.2) is 4.98 Å². The van der Waals surface area contributed by atoms with E-state index in [0.29, 0.717) is 43.1 Å². The number of anilines is 1. The molecule has 2 heterocycles. The molecule has 0 radical (unpaired) electrons. The summed E-state index contributed by atoms with van der Waals surface area (Å²) in [7, 11) is 0. The first-order valence-electron chi connectivity index (χ1n) is 11.4. The average molecular weight is 530 g/mol. The third-order valence-corrected chi connectivity index (χ3v) is 6.64. The van der Waals surface area contributed by atoms with Gasteiger partial charge in [0.1, 0.15) is 0 Å². The lowest BCUT2D eigenvalue weighted by Crippen LogP contribution is -2.40. The average Bonchev–Trinajstić information content (AvgIpc) is 2.89. The quantitative estimate of drug-likeness (QED) is 0.368. The summed E-state index contributed by atoms with van der Waals surface area (Å²) in [6.07, 6.45) is 0. The van der Waals surface area contributed by atoms with Gasteiger partial charge in [-0.3, -0.25) is 9.59 Å². The van der Waals surface area contributed by atoms with Gasteiger partial charge < -0.3 is 15.0 Å². The highest BCUT2D eigenvalue weighted by Crippen LogP contribution is 2.28. The third-order valence-electron chi connectivity index (χ3n) is 6.11. The van der Waals surface area contributed by atoms with Gasteiger partial charge in [0.2, 0.25) is 0 Å². The second-order valence-electron chi connectivity index (χ2n) is 8.47. The minimum absolute atomic E-state index is 0.0269. The Bertz CT molecular complexity index is 1400. The van der Waals surface area contributed by atoms with E-state index in [0.717, 1.165) is 32.2 Å². The fourth-order valence-electron chi connectivity index (χ4n) is 4.19. The zero-order valence-electron chi connectivity index (χ0n) is 19.3. The molecule has 6 nitrogen and oxygen atoms in total. The Morgan fingerprint density at radius 3 is 2.40 bits per heavy atom. The minimum atomic E-state index is -0.228. The number of ether oxygens (including phenoxy) is 1. The number of aryl methyl sites for hydroxylation is 1. The van der Waals surface area contributed by atoms with Gasteiger partial charge in [0.05, 0.1) is 30.0 Å². The standard InChI is InChI=1S/C28H24BrN3O3/c1-18-3-2-4-23-24(17-25(31-26(18)23)19-5-9-21(29)10-6-19)27(33)30-22-11-7-20(8-12-22)28(34)32-13-15-35-16-14-32/h2-12,17H,13-16H2,1H3,(H,30,33). The van der Waals surface area contributed by atoms with Crippen molar-refractivity contribution < 1.29 is 14.3 Å². The number of para-hydroxylation sites is 1. The second-order valence-corrected chi connectivity index (χ2v) is 9.38. The van der Waals surface area contributed by atoms with Crippen LogP contribution in [0.25, 0.3) is 22.2 Å². The van der Waals surface area contributed by atoms with Gasteiger partial charge in [-0.1, -0.05) is 46.3 Å². The molecule has 5 rings (SSSR count). The first-order valence-corrected chi connectivity index (χ1v) is 12.2. The van der Waals surface area contributed by atoms with Crippen LogP contribution in [0.5, 0.6) is 0 Å². The SMILES string of the molecule is Cc1cccc2c(C(=O)Nc3ccc(C(=O)N4CCOCC4)cc3)cc(-c3ccc(Br)cc3)nc12. The number of rotatable bonds is 4. The van der Waals surface area contributed by atoms with Crippen molar-refractivity contribution >= 4 is 44.3 Å². The van der Waals surface area contributed by atoms with E-state index < -0.39 is 0 Å². The molecule has 0 bridgehead atoms. The fraction of sp³-hybridized carbons (Fsp3) is 0.179.